The highest BCUT2D eigenvalue weighted by atomic mass is 79.9. The molecule has 0 unspecified atom stereocenters. The largest absolute Gasteiger partial charge is 0.504 e. The maximum absolute atomic E-state index is 11.6. The smallest absolute Gasteiger partial charge is 0.224 e. The van der Waals surface area contributed by atoms with Gasteiger partial charge >= 0.3 is 0 Å². The molecule has 1 N–H and O–H groups in total. The van der Waals surface area contributed by atoms with E-state index in [9.17, 15) is 9.90 Å². The molecule has 0 amide bonds. The van der Waals surface area contributed by atoms with Crippen LogP contribution in [0.2, 0.25) is 5.02 Å². The molecule has 0 atom stereocenters. The Bertz CT molecular complexity index is 407. The molecule has 0 aromatic heterocycles. The van der Waals surface area contributed by atoms with Crippen molar-refractivity contribution in [2.75, 3.05) is 0 Å². The number of alkyl halides is 2. The number of hydrogen-bond donors (Lipinski definition) is 1. The van der Waals surface area contributed by atoms with Crippen LogP contribution in [0, 0.1) is 0 Å². The van der Waals surface area contributed by atoms with Crippen LogP contribution in [0.3, 0.4) is 0 Å². The lowest BCUT2D eigenvalue weighted by molar-refractivity contribution is 0.466. The van der Waals surface area contributed by atoms with Crippen LogP contribution in [-0.4, -0.2) is 5.11 Å². The lowest BCUT2D eigenvalue weighted by atomic mass is 10.2. The van der Waals surface area contributed by atoms with E-state index in [1.165, 1.54) is 0 Å². The van der Waals surface area contributed by atoms with Crippen LogP contribution in [0.15, 0.2) is 16.9 Å². The minimum absolute atomic E-state index is 0.247. The first kappa shape index (κ1) is 12.0. The van der Waals surface area contributed by atoms with Gasteiger partial charge in [-0.2, -0.15) is 0 Å². The summed E-state index contributed by atoms with van der Waals surface area (Å²) in [6.07, 6.45) is 0. The molecule has 5 heteroatoms. The molecule has 0 saturated heterocycles. The van der Waals surface area contributed by atoms with Crippen LogP contribution in [0.1, 0.15) is 11.1 Å². The summed E-state index contributed by atoms with van der Waals surface area (Å²) in [5, 5.41) is 10.8. The molecule has 1 aromatic carbocycles. The first-order valence-electron chi connectivity index (χ1n) is 3.76. The SMILES string of the molecule is O=c1c(CBr)cc(Cl)cc(CBr)c1O. The summed E-state index contributed by atoms with van der Waals surface area (Å²) in [6.45, 7) is 0. The van der Waals surface area contributed by atoms with E-state index in [1.54, 1.807) is 12.1 Å². The first-order valence-corrected chi connectivity index (χ1v) is 6.38. The molecule has 0 aliphatic rings. The van der Waals surface area contributed by atoms with Crippen molar-refractivity contribution in [1.82, 2.24) is 0 Å². The second-order valence-electron chi connectivity index (χ2n) is 2.67. The van der Waals surface area contributed by atoms with Crippen molar-refractivity contribution in [3.05, 3.63) is 38.5 Å². The van der Waals surface area contributed by atoms with Crippen molar-refractivity contribution in [3.63, 3.8) is 0 Å². The minimum Gasteiger partial charge on any atom is -0.504 e. The van der Waals surface area contributed by atoms with Crippen LogP contribution in [0.5, 0.6) is 5.75 Å². The fraction of sp³-hybridized carbons (Fsp3) is 0.222. The number of rotatable bonds is 2. The molecular formula is C9H7Br2ClO2. The lowest BCUT2D eigenvalue weighted by Gasteiger charge is -1.93. The van der Waals surface area contributed by atoms with Gasteiger partial charge in [0.25, 0.3) is 0 Å². The number of halogens is 3. The zero-order valence-electron chi connectivity index (χ0n) is 7.06. The van der Waals surface area contributed by atoms with Crippen LogP contribution in [0.4, 0.5) is 0 Å². The highest BCUT2D eigenvalue weighted by Crippen LogP contribution is 2.20. The minimum atomic E-state index is -0.386. The highest BCUT2D eigenvalue weighted by molar-refractivity contribution is 9.08. The summed E-state index contributed by atoms with van der Waals surface area (Å²) < 4.78 is 0. The van der Waals surface area contributed by atoms with Gasteiger partial charge in [0.05, 0.1) is 0 Å². The quantitative estimate of drug-likeness (QED) is 0.838. The third-order valence-corrected chi connectivity index (χ3v) is 3.15. The molecule has 2 nitrogen and oxygen atoms in total. The second-order valence-corrected chi connectivity index (χ2v) is 4.23. The van der Waals surface area contributed by atoms with Gasteiger partial charge < -0.3 is 5.11 Å². The Morgan fingerprint density at radius 3 is 2.21 bits per heavy atom. The van der Waals surface area contributed by atoms with Gasteiger partial charge in [0, 0.05) is 26.8 Å². The van der Waals surface area contributed by atoms with Gasteiger partial charge in [-0.1, -0.05) is 43.5 Å². The zero-order valence-corrected chi connectivity index (χ0v) is 11.0. The maximum atomic E-state index is 11.6. The summed E-state index contributed by atoms with van der Waals surface area (Å²) in [5.41, 5.74) is 0.551. The van der Waals surface area contributed by atoms with Gasteiger partial charge in [-0.05, 0) is 12.1 Å². The Hall–Kier alpha value is -0.0600. The Kier molecular flexibility index (Phi) is 4.41. The van der Waals surface area contributed by atoms with Crippen LogP contribution in [-0.2, 0) is 10.7 Å². The van der Waals surface area contributed by atoms with E-state index in [2.05, 4.69) is 31.9 Å². The molecule has 0 spiro atoms. The molecule has 0 bridgehead atoms. The molecule has 76 valence electrons. The molecule has 1 rings (SSSR count). The van der Waals surface area contributed by atoms with Crippen LogP contribution in [0.25, 0.3) is 0 Å². The average Bonchev–Trinajstić information content (AvgIpc) is 2.29. The average molecular weight is 342 g/mol. The lowest BCUT2D eigenvalue weighted by Crippen LogP contribution is -2.03. The summed E-state index contributed by atoms with van der Waals surface area (Å²) in [6, 6.07) is 3.11. The summed E-state index contributed by atoms with van der Waals surface area (Å²) in [7, 11) is 0. The zero-order chi connectivity index (χ0) is 10.7. The third-order valence-electron chi connectivity index (χ3n) is 1.72. The normalized spacial score (nSPS) is 10.2. The van der Waals surface area contributed by atoms with Crippen LogP contribution < -0.4 is 5.43 Å². The van der Waals surface area contributed by atoms with Crippen molar-refractivity contribution in [2.24, 2.45) is 0 Å². The summed E-state index contributed by atoms with van der Waals surface area (Å²) >= 11 is 12.2. The molecule has 0 aliphatic carbocycles. The van der Waals surface area contributed by atoms with Gasteiger partial charge in [-0.25, -0.2) is 0 Å². The van der Waals surface area contributed by atoms with E-state index in [0.29, 0.717) is 26.8 Å². The Morgan fingerprint density at radius 2 is 1.71 bits per heavy atom. The van der Waals surface area contributed by atoms with E-state index in [-0.39, 0.29) is 11.2 Å². The number of hydrogen-bond acceptors (Lipinski definition) is 2. The predicted molar refractivity (Wildman–Crippen MR) is 64.6 cm³/mol. The topological polar surface area (TPSA) is 37.3 Å². The standard InChI is InChI=1S/C9H7Br2ClO2/c10-3-5-1-7(12)2-6(4-11)9(14)8(5)13/h1-2H,3-4H2,(H,13,14). The molecule has 1 aromatic rings. The highest BCUT2D eigenvalue weighted by Gasteiger charge is 2.08. The van der Waals surface area contributed by atoms with Gasteiger partial charge in [0.15, 0.2) is 5.75 Å². The fourth-order valence-corrected chi connectivity index (χ4v) is 2.11. The van der Waals surface area contributed by atoms with Crippen LogP contribution >= 0.6 is 43.5 Å². The van der Waals surface area contributed by atoms with Gasteiger partial charge in [-0.15, -0.1) is 0 Å². The van der Waals surface area contributed by atoms with E-state index < -0.39 is 0 Å². The van der Waals surface area contributed by atoms with Gasteiger partial charge in [0.2, 0.25) is 5.43 Å². The van der Waals surface area contributed by atoms with Crippen molar-refractivity contribution in [1.29, 1.82) is 0 Å². The molecule has 0 radical (unpaired) electrons. The molecule has 0 saturated carbocycles. The first-order chi connectivity index (χ1) is 6.60. The van der Waals surface area contributed by atoms with E-state index in [1.807, 2.05) is 0 Å². The van der Waals surface area contributed by atoms with E-state index in [0.717, 1.165) is 0 Å². The molecule has 0 heterocycles. The molecular weight excluding hydrogens is 335 g/mol. The summed E-state index contributed by atoms with van der Waals surface area (Å²) in [4.78, 5) is 11.6. The Labute approximate surface area is 103 Å². The van der Waals surface area contributed by atoms with Crippen molar-refractivity contribution in [2.45, 2.75) is 10.7 Å². The van der Waals surface area contributed by atoms with Gasteiger partial charge in [0.1, 0.15) is 0 Å². The Morgan fingerprint density at radius 1 is 1.21 bits per heavy atom. The molecule has 0 aliphatic heterocycles. The summed E-state index contributed by atoms with van der Waals surface area (Å²) in [5.74, 6) is -0.247. The molecule has 0 fully saturated rings. The van der Waals surface area contributed by atoms with Crippen molar-refractivity contribution < 1.29 is 5.11 Å². The van der Waals surface area contributed by atoms with Crippen molar-refractivity contribution >= 4 is 43.5 Å². The maximum Gasteiger partial charge on any atom is 0.224 e. The van der Waals surface area contributed by atoms with Crippen molar-refractivity contribution in [3.8, 4) is 5.75 Å². The van der Waals surface area contributed by atoms with Gasteiger partial charge in [-0.3, -0.25) is 4.79 Å². The monoisotopic (exact) mass is 340 g/mol. The molecule has 14 heavy (non-hydrogen) atoms. The second kappa shape index (κ2) is 5.14. The van der Waals surface area contributed by atoms with E-state index >= 15 is 0 Å². The number of aromatic hydroxyl groups is 1. The van der Waals surface area contributed by atoms with E-state index in [4.69, 9.17) is 11.6 Å². The Balaban J connectivity index is 3.59. The fourth-order valence-electron chi connectivity index (χ4n) is 1.01. The predicted octanol–water partition coefficient (Wildman–Crippen LogP) is 3.20. The third kappa shape index (κ3) is 2.49.